The molecule has 0 bridgehead atoms. The first kappa shape index (κ1) is 15.4. The van der Waals surface area contributed by atoms with Gasteiger partial charge in [-0.1, -0.05) is 42.5 Å². The Morgan fingerprint density at radius 3 is 2.48 bits per heavy atom. The predicted octanol–water partition coefficient (Wildman–Crippen LogP) is 3.20. The number of anilines is 1. The van der Waals surface area contributed by atoms with E-state index in [9.17, 15) is 13.6 Å². The van der Waals surface area contributed by atoms with Crippen LogP contribution in [0.4, 0.5) is 5.69 Å². The second-order valence-electron chi connectivity index (χ2n) is 5.22. The van der Waals surface area contributed by atoms with Crippen molar-refractivity contribution >= 4 is 33.8 Å². The Morgan fingerprint density at radius 1 is 1.00 bits per heavy atom. The molecule has 3 aromatic rings. The predicted molar refractivity (Wildman–Crippen MR) is 91.0 cm³/mol. The number of rotatable bonds is 4. The number of nitrogens with two attached hydrogens (primary N) is 1. The van der Waals surface area contributed by atoms with E-state index < -0.39 is 16.3 Å². The number of benzene rings is 3. The number of nitrogen functional groups attached to an aromatic ring is 1. The van der Waals surface area contributed by atoms with Crippen LogP contribution in [-0.4, -0.2) is 15.0 Å². The largest absolute Gasteiger partial charge is 0.772 e. The van der Waals surface area contributed by atoms with Crippen molar-refractivity contribution in [2.45, 2.75) is 5.25 Å². The van der Waals surface area contributed by atoms with E-state index in [0.29, 0.717) is 28.7 Å². The van der Waals surface area contributed by atoms with Crippen LogP contribution in [0.1, 0.15) is 26.7 Å². The minimum Gasteiger partial charge on any atom is -0.772 e. The summed E-state index contributed by atoms with van der Waals surface area (Å²) in [5, 5.41) is 0.867. The number of carbonyl (C=O) groups excluding carboxylic acids is 1. The summed E-state index contributed by atoms with van der Waals surface area (Å²) >= 11 is -2.43. The Balaban J connectivity index is 2.27. The van der Waals surface area contributed by atoms with Crippen LogP contribution in [-0.2, 0) is 11.1 Å². The van der Waals surface area contributed by atoms with E-state index >= 15 is 0 Å². The molecule has 4 nitrogen and oxygen atoms in total. The Kier molecular flexibility index (Phi) is 4.23. The van der Waals surface area contributed by atoms with Gasteiger partial charge in [0.15, 0.2) is 0 Å². The lowest BCUT2D eigenvalue weighted by Crippen LogP contribution is -2.11. The van der Waals surface area contributed by atoms with Crippen LogP contribution < -0.4 is 5.73 Å². The van der Waals surface area contributed by atoms with Crippen molar-refractivity contribution < 1.29 is 13.6 Å². The fourth-order valence-corrected chi connectivity index (χ4v) is 3.57. The molecule has 0 aliphatic rings. The van der Waals surface area contributed by atoms with Gasteiger partial charge in [0.2, 0.25) is 0 Å². The second kappa shape index (κ2) is 6.32. The van der Waals surface area contributed by atoms with Crippen molar-refractivity contribution in [3.63, 3.8) is 0 Å². The van der Waals surface area contributed by atoms with Crippen molar-refractivity contribution in [3.8, 4) is 0 Å². The number of aldehydes is 1. The Bertz CT molecular complexity index is 902. The first-order valence-electron chi connectivity index (χ1n) is 7.02. The molecule has 2 unspecified atom stereocenters. The molecular formula is C18H14NO3S-. The van der Waals surface area contributed by atoms with Crippen LogP contribution in [0.25, 0.3) is 10.8 Å². The van der Waals surface area contributed by atoms with Crippen molar-refractivity contribution in [2.75, 3.05) is 5.73 Å². The van der Waals surface area contributed by atoms with Crippen molar-refractivity contribution in [1.82, 2.24) is 0 Å². The summed E-state index contributed by atoms with van der Waals surface area (Å²) in [6.07, 6.45) is 0.677. The molecule has 0 aliphatic heterocycles. The minimum absolute atomic E-state index is 0.345. The van der Waals surface area contributed by atoms with E-state index in [1.165, 1.54) is 6.07 Å². The van der Waals surface area contributed by atoms with E-state index in [0.717, 1.165) is 10.8 Å². The van der Waals surface area contributed by atoms with Gasteiger partial charge in [-0.3, -0.25) is 9.00 Å². The summed E-state index contributed by atoms with van der Waals surface area (Å²) in [6, 6.07) is 17.7. The van der Waals surface area contributed by atoms with Crippen LogP contribution >= 0.6 is 0 Å². The van der Waals surface area contributed by atoms with Gasteiger partial charge in [-0.25, -0.2) is 0 Å². The standard InChI is InChI=1S/C18H15NO3S/c19-17-9-8-12(11-20)10-16(17)18(23(21)22)15-7-3-5-13-4-1-2-6-14(13)15/h1-11,18H,19H2,(H,21,22)/p-1. The summed E-state index contributed by atoms with van der Waals surface area (Å²) in [4.78, 5) is 11.0. The van der Waals surface area contributed by atoms with Crippen molar-refractivity contribution in [2.24, 2.45) is 0 Å². The number of hydrogen-bond acceptors (Lipinski definition) is 4. The zero-order chi connectivity index (χ0) is 16.4. The smallest absolute Gasteiger partial charge is 0.150 e. The molecule has 2 atom stereocenters. The first-order valence-corrected chi connectivity index (χ1v) is 8.16. The molecule has 0 fully saturated rings. The van der Waals surface area contributed by atoms with E-state index in [2.05, 4.69) is 0 Å². The maximum absolute atomic E-state index is 12.0. The van der Waals surface area contributed by atoms with Crippen LogP contribution in [0.3, 0.4) is 0 Å². The Labute approximate surface area is 136 Å². The van der Waals surface area contributed by atoms with Crippen LogP contribution in [0, 0.1) is 0 Å². The maximum atomic E-state index is 12.0. The average molecular weight is 324 g/mol. The van der Waals surface area contributed by atoms with Crippen molar-refractivity contribution in [1.29, 1.82) is 0 Å². The molecule has 0 aromatic heterocycles. The summed E-state index contributed by atoms with van der Waals surface area (Å²) in [5.41, 5.74) is 7.77. The molecular weight excluding hydrogens is 310 g/mol. The molecule has 0 saturated heterocycles. The average Bonchev–Trinajstić information content (AvgIpc) is 2.57. The van der Waals surface area contributed by atoms with Crippen molar-refractivity contribution in [3.05, 3.63) is 77.4 Å². The highest BCUT2D eigenvalue weighted by atomic mass is 32.2. The summed E-state index contributed by atoms with van der Waals surface area (Å²) in [7, 11) is 0. The van der Waals surface area contributed by atoms with Gasteiger partial charge >= 0.3 is 0 Å². The molecule has 0 spiro atoms. The van der Waals surface area contributed by atoms with E-state index in [-0.39, 0.29) is 0 Å². The highest BCUT2D eigenvalue weighted by Gasteiger charge is 2.20. The molecule has 3 rings (SSSR count). The Hall–Kier alpha value is -2.50. The minimum atomic E-state index is -2.43. The topological polar surface area (TPSA) is 83.2 Å². The lowest BCUT2D eigenvalue weighted by molar-refractivity contribution is 0.112. The van der Waals surface area contributed by atoms with E-state index in [4.69, 9.17) is 5.73 Å². The molecule has 116 valence electrons. The van der Waals surface area contributed by atoms with Gasteiger partial charge < -0.3 is 10.3 Å². The molecule has 2 N–H and O–H groups in total. The maximum Gasteiger partial charge on any atom is 0.150 e. The van der Waals surface area contributed by atoms with Gasteiger partial charge in [0.1, 0.15) is 6.29 Å². The second-order valence-corrected chi connectivity index (χ2v) is 6.21. The summed E-state index contributed by atoms with van der Waals surface area (Å²) in [6.45, 7) is 0. The van der Waals surface area contributed by atoms with Gasteiger partial charge in [-0.2, -0.15) is 0 Å². The highest BCUT2D eigenvalue weighted by Crippen LogP contribution is 2.35. The first-order chi connectivity index (χ1) is 11.1. The molecule has 5 heteroatoms. The van der Waals surface area contributed by atoms with Gasteiger partial charge in [-0.15, -0.1) is 0 Å². The fraction of sp³-hybridized carbons (Fsp3) is 0.0556. The SMILES string of the molecule is Nc1ccc(C=O)cc1C(c1cccc2ccccc12)S(=O)[O-]. The lowest BCUT2D eigenvalue weighted by Gasteiger charge is -2.24. The number of fused-ring (bicyclic) bond motifs is 1. The third-order valence-corrected chi connectivity index (χ3v) is 4.72. The van der Waals surface area contributed by atoms with Gasteiger partial charge in [0.25, 0.3) is 0 Å². The van der Waals surface area contributed by atoms with Gasteiger partial charge in [0.05, 0.1) is 5.25 Å². The van der Waals surface area contributed by atoms with Gasteiger partial charge in [-0.05, 0) is 51.2 Å². The van der Waals surface area contributed by atoms with Crippen LogP contribution in [0.5, 0.6) is 0 Å². The fourth-order valence-electron chi connectivity index (χ4n) is 2.75. The highest BCUT2D eigenvalue weighted by molar-refractivity contribution is 7.79. The summed E-state index contributed by atoms with van der Waals surface area (Å²) in [5.74, 6) is 0. The van der Waals surface area contributed by atoms with Crippen LogP contribution in [0.15, 0.2) is 60.7 Å². The molecule has 0 amide bonds. The van der Waals surface area contributed by atoms with Gasteiger partial charge in [0, 0.05) is 11.3 Å². The number of carbonyl (C=O) groups is 1. The normalized spacial score (nSPS) is 13.6. The molecule has 0 saturated carbocycles. The molecule has 3 aromatic carbocycles. The third kappa shape index (κ3) is 2.88. The monoisotopic (exact) mass is 324 g/mol. The van der Waals surface area contributed by atoms with E-state index in [1.54, 1.807) is 18.2 Å². The summed E-state index contributed by atoms with van der Waals surface area (Å²) < 4.78 is 23.9. The molecule has 23 heavy (non-hydrogen) atoms. The van der Waals surface area contributed by atoms with Crippen LogP contribution in [0.2, 0.25) is 0 Å². The Morgan fingerprint density at radius 2 is 1.74 bits per heavy atom. The number of hydrogen-bond donors (Lipinski definition) is 1. The quantitative estimate of drug-likeness (QED) is 0.454. The molecule has 0 heterocycles. The van der Waals surface area contributed by atoms with E-state index in [1.807, 2.05) is 36.4 Å². The lowest BCUT2D eigenvalue weighted by atomic mass is 9.96. The molecule has 0 radical (unpaired) electrons. The molecule has 0 aliphatic carbocycles. The zero-order valence-corrected chi connectivity index (χ0v) is 13.0. The zero-order valence-electron chi connectivity index (χ0n) is 12.1. The third-order valence-electron chi connectivity index (χ3n) is 3.83.